The van der Waals surface area contributed by atoms with Gasteiger partial charge in [0.25, 0.3) is 0 Å². The Morgan fingerprint density at radius 3 is 2.52 bits per heavy atom. The summed E-state index contributed by atoms with van der Waals surface area (Å²) >= 11 is 0. The molecule has 25 heavy (non-hydrogen) atoms. The number of hydrogen-bond donors (Lipinski definition) is 1. The predicted octanol–water partition coefficient (Wildman–Crippen LogP) is 2.10. The van der Waals surface area contributed by atoms with Gasteiger partial charge in [-0.15, -0.1) is 5.10 Å². The number of carbonyl (C=O) groups excluding carboxylic acids is 1. The molecule has 0 saturated heterocycles. The summed E-state index contributed by atoms with van der Waals surface area (Å²) in [6, 6.07) is 5.22. The monoisotopic (exact) mass is 367 g/mol. The lowest BCUT2D eigenvalue weighted by atomic mass is 9.95. The lowest BCUT2D eigenvalue weighted by Crippen LogP contribution is -2.39. The molecule has 2 aromatic rings. The van der Waals surface area contributed by atoms with Crippen LogP contribution >= 0.6 is 0 Å². The number of amides is 1. The van der Waals surface area contributed by atoms with Crippen molar-refractivity contribution >= 4 is 15.7 Å². The van der Waals surface area contributed by atoms with Gasteiger partial charge < -0.3 is 9.73 Å². The first kappa shape index (κ1) is 17.5. The molecule has 0 radical (unpaired) electrons. The normalized spacial score (nSPS) is 15.9. The van der Waals surface area contributed by atoms with Crippen molar-refractivity contribution in [2.75, 3.05) is 5.75 Å². The van der Waals surface area contributed by atoms with Crippen LogP contribution in [0.5, 0.6) is 0 Å². The van der Waals surface area contributed by atoms with Crippen LogP contribution in [0.3, 0.4) is 0 Å². The van der Waals surface area contributed by atoms with E-state index in [-0.39, 0.29) is 11.9 Å². The zero-order chi connectivity index (χ0) is 17.9. The van der Waals surface area contributed by atoms with E-state index in [9.17, 15) is 17.6 Å². The Kier molecular flexibility index (Phi) is 5.12. The molecule has 1 amide bonds. The molecule has 1 aliphatic carbocycles. The molecule has 0 bridgehead atoms. The predicted molar refractivity (Wildman–Crippen MR) is 86.8 cm³/mol. The highest BCUT2D eigenvalue weighted by Crippen LogP contribution is 2.21. The first-order valence-corrected chi connectivity index (χ1v) is 9.71. The molecule has 1 saturated carbocycles. The summed E-state index contributed by atoms with van der Waals surface area (Å²) in [7, 11) is -4.03. The van der Waals surface area contributed by atoms with Crippen molar-refractivity contribution in [2.45, 2.75) is 43.4 Å². The summed E-state index contributed by atoms with van der Waals surface area (Å²) < 4.78 is 42.6. The van der Waals surface area contributed by atoms with Crippen molar-refractivity contribution in [1.82, 2.24) is 15.5 Å². The standard InChI is InChI=1S/C16H18FN3O4S/c17-12-8-6-11(7-9-12)15-19-20-16(24-15)25(22,23)10-14(21)18-13-4-2-1-3-5-13/h6-9,13H,1-5,10H2,(H,18,21). The fourth-order valence-electron chi connectivity index (χ4n) is 2.80. The second-order valence-corrected chi connectivity index (χ2v) is 7.91. The number of nitrogens with one attached hydrogen (secondary N) is 1. The zero-order valence-corrected chi connectivity index (χ0v) is 14.3. The molecule has 1 N–H and O–H groups in total. The van der Waals surface area contributed by atoms with E-state index in [0.717, 1.165) is 32.1 Å². The Balaban J connectivity index is 1.67. The third-order valence-electron chi connectivity index (χ3n) is 4.06. The number of sulfone groups is 1. The Bertz CT molecular complexity index is 843. The lowest BCUT2D eigenvalue weighted by molar-refractivity contribution is -0.119. The van der Waals surface area contributed by atoms with E-state index in [1.807, 2.05) is 0 Å². The molecule has 7 nitrogen and oxygen atoms in total. The fourth-order valence-corrected chi connectivity index (χ4v) is 3.72. The van der Waals surface area contributed by atoms with E-state index >= 15 is 0 Å². The summed E-state index contributed by atoms with van der Waals surface area (Å²) in [5.41, 5.74) is 0.391. The van der Waals surface area contributed by atoms with Crippen molar-refractivity contribution < 1.29 is 22.0 Å². The molecule has 1 heterocycles. The van der Waals surface area contributed by atoms with Crippen LogP contribution in [0.1, 0.15) is 32.1 Å². The Hall–Kier alpha value is -2.29. The quantitative estimate of drug-likeness (QED) is 0.868. The first-order chi connectivity index (χ1) is 11.9. The largest absolute Gasteiger partial charge is 0.408 e. The van der Waals surface area contributed by atoms with Crippen molar-refractivity contribution in [1.29, 1.82) is 0 Å². The third-order valence-corrected chi connectivity index (χ3v) is 5.39. The molecule has 3 rings (SSSR count). The molecule has 0 unspecified atom stereocenters. The number of benzene rings is 1. The summed E-state index contributed by atoms with van der Waals surface area (Å²) in [6.07, 6.45) is 4.92. The molecule has 0 aliphatic heterocycles. The molecule has 0 atom stereocenters. The van der Waals surface area contributed by atoms with E-state index in [0.29, 0.717) is 5.56 Å². The van der Waals surface area contributed by atoms with Gasteiger partial charge in [-0.05, 0) is 37.1 Å². The van der Waals surface area contributed by atoms with E-state index in [4.69, 9.17) is 4.42 Å². The van der Waals surface area contributed by atoms with Crippen LogP contribution in [-0.4, -0.2) is 36.3 Å². The van der Waals surface area contributed by atoms with Crippen LogP contribution in [0.25, 0.3) is 11.5 Å². The van der Waals surface area contributed by atoms with Gasteiger partial charge in [0.05, 0.1) is 0 Å². The maximum absolute atomic E-state index is 12.9. The Labute approximate surface area is 144 Å². The van der Waals surface area contributed by atoms with Gasteiger partial charge in [-0.3, -0.25) is 4.79 Å². The van der Waals surface area contributed by atoms with Gasteiger partial charge in [0.2, 0.25) is 21.6 Å². The van der Waals surface area contributed by atoms with Gasteiger partial charge in [-0.25, -0.2) is 12.8 Å². The Morgan fingerprint density at radius 1 is 1.16 bits per heavy atom. The highest BCUT2D eigenvalue weighted by Gasteiger charge is 2.27. The van der Waals surface area contributed by atoms with Gasteiger partial charge in [0.1, 0.15) is 11.6 Å². The summed E-state index contributed by atoms with van der Waals surface area (Å²) in [5, 5.41) is 9.28. The van der Waals surface area contributed by atoms with Crippen LogP contribution in [0.15, 0.2) is 33.9 Å². The Morgan fingerprint density at radius 2 is 1.84 bits per heavy atom. The molecular weight excluding hydrogens is 349 g/mol. The molecule has 134 valence electrons. The minimum Gasteiger partial charge on any atom is -0.408 e. The van der Waals surface area contributed by atoms with Crippen LogP contribution in [0, 0.1) is 5.82 Å². The third kappa shape index (κ3) is 4.41. The topological polar surface area (TPSA) is 102 Å². The minimum absolute atomic E-state index is 0.0221. The molecule has 1 fully saturated rings. The van der Waals surface area contributed by atoms with Crippen LogP contribution in [0.2, 0.25) is 0 Å². The first-order valence-electron chi connectivity index (χ1n) is 8.05. The van der Waals surface area contributed by atoms with Crippen molar-refractivity contribution in [2.24, 2.45) is 0 Å². The summed E-state index contributed by atoms with van der Waals surface area (Å²) in [4.78, 5) is 12.0. The van der Waals surface area contributed by atoms with E-state index in [2.05, 4.69) is 15.5 Å². The highest BCUT2D eigenvalue weighted by molar-refractivity contribution is 7.91. The molecule has 0 spiro atoms. The van der Waals surface area contributed by atoms with Gasteiger partial charge >= 0.3 is 5.22 Å². The summed E-state index contributed by atoms with van der Waals surface area (Å²) in [6.45, 7) is 0. The van der Waals surface area contributed by atoms with Crippen LogP contribution in [0.4, 0.5) is 4.39 Å². The van der Waals surface area contributed by atoms with Crippen molar-refractivity contribution in [3.8, 4) is 11.5 Å². The molecule has 1 aromatic heterocycles. The van der Waals surface area contributed by atoms with Crippen LogP contribution in [-0.2, 0) is 14.6 Å². The smallest absolute Gasteiger partial charge is 0.336 e. The van der Waals surface area contributed by atoms with Crippen LogP contribution < -0.4 is 5.32 Å². The highest BCUT2D eigenvalue weighted by atomic mass is 32.2. The lowest BCUT2D eigenvalue weighted by Gasteiger charge is -2.22. The number of nitrogens with zero attached hydrogens (tertiary/aromatic N) is 2. The summed E-state index contributed by atoms with van der Waals surface area (Å²) in [5.74, 6) is -1.80. The zero-order valence-electron chi connectivity index (χ0n) is 13.4. The second-order valence-electron chi connectivity index (χ2n) is 6.04. The van der Waals surface area contributed by atoms with E-state index < -0.39 is 32.5 Å². The average Bonchev–Trinajstić information content (AvgIpc) is 3.07. The fraction of sp³-hybridized carbons (Fsp3) is 0.438. The van der Waals surface area contributed by atoms with Crippen molar-refractivity contribution in [3.63, 3.8) is 0 Å². The molecule has 1 aliphatic rings. The number of halogens is 1. The maximum atomic E-state index is 12.9. The van der Waals surface area contributed by atoms with Gasteiger partial charge in [0.15, 0.2) is 0 Å². The molecule has 9 heteroatoms. The van der Waals surface area contributed by atoms with Crippen molar-refractivity contribution in [3.05, 3.63) is 30.1 Å². The van der Waals surface area contributed by atoms with E-state index in [1.54, 1.807) is 0 Å². The van der Waals surface area contributed by atoms with E-state index in [1.165, 1.54) is 24.3 Å². The number of carbonyl (C=O) groups is 1. The van der Waals surface area contributed by atoms with Gasteiger partial charge in [-0.1, -0.05) is 24.4 Å². The van der Waals surface area contributed by atoms with Gasteiger partial charge in [0, 0.05) is 11.6 Å². The minimum atomic E-state index is -4.03. The molecular formula is C16H18FN3O4S. The number of hydrogen-bond acceptors (Lipinski definition) is 6. The van der Waals surface area contributed by atoms with Gasteiger partial charge in [-0.2, -0.15) is 0 Å². The second kappa shape index (κ2) is 7.30. The molecule has 1 aromatic carbocycles. The number of rotatable bonds is 5. The SMILES string of the molecule is O=C(CS(=O)(=O)c1nnc(-c2ccc(F)cc2)o1)NC1CCCCC1. The number of aromatic nitrogens is 2. The maximum Gasteiger partial charge on any atom is 0.336 e. The average molecular weight is 367 g/mol.